The van der Waals surface area contributed by atoms with E-state index in [0.717, 1.165) is 36.4 Å². The van der Waals surface area contributed by atoms with E-state index in [1.807, 2.05) is 47.4 Å². The monoisotopic (exact) mass is 305 g/mol. The second kappa shape index (κ2) is 5.88. The van der Waals surface area contributed by atoms with E-state index in [9.17, 15) is 4.79 Å². The van der Waals surface area contributed by atoms with Gasteiger partial charge in [-0.25, -0.2) is 4.98 Å². The van der Waals surface area contributed by atoms with E-state index in [4.69, 9.17) is 0 Å². The maximum atomic E-state index is 12.2. The third kappa shape index (κ3) is 2.84. The molecule has 1 saturated heterocycles. The number of nitrogens with one attached hydrogen (secondary N) is 1. The number of aromatic amines is 1. The lowest BCUT2D eigenvalue weighted by atomic mass is 9.98. The molecule has 2 heterocycles. The summed E-state index contributed by atoms with van der Waals surface area (Å²) in [4.78, 5) is 22.2. The van der Waals surface area contributed by atoms with Crippen LogP contribution in [0.1, 0.15) is 23.7 Å². The van der Waals surface area contributed by atoms with Crippen LogP contribution in [0, 0.1) is 0 Å². The summed E-state index contributed by atoms with van der Waals surface area (Å²) in [6.07, 6.45) is 1.39. The standard InChI is InChI=1S/C19H19N3O/c23-18(11-10-14-6-2-1-3-7-14)22-12-15(13-22)19-20-16-8-4-5-9-17(16)21-19/h1-9,15H,10-13H2,(H,20,21). The molecule has 0 aliphatic carbocycles. The van der Waals surface area contributed by atoms with Crippen LogP contribution in [0.2, 0.25) is 0 Å². The first-order valence-corrected chi connectivity index (χ1v) is 8.06. The molecule has 0 spiro atoms. The van der Waals surface area contributed by atoms with Crippen LogP contribution in [0.25, 0.3) is 11.0 Å². The summed E-state index contributed by atoms with van der Waals surface area (Å²) in [7, 11) is 0. The van der Waals surface area contributed by atoms with Crippen LogP contribution >= 0.6 is 0 Å². The second-order valence-corrected chi connectivity index (χ2v) is 6.12. The highest BCUT2D eigenvalue weighted by molar-refractivity contribution is 5.78. The van der Waals surface area contributed by atoms with E-state index in [1.165, 1.54) is 5.56 Å². The zero-order valence-electron chi connectivity index (χ0n) is 12.9. The highest BCUT2D eigenvalue weighted by Gasteiger charge is 2.33. The Morgan fingerprint density at radius 3 is 2.61 bits per heavy atom. The van der Waals surface area contributed by atoms with Gasteiger partial charge in [0.05, 0.1) is 17.0 Å². The molecule has 1 amide bonds. The van der Waals surface area contributed by atoms with Gasteiger partial charge in [0.25, 0.3) is 0 Å². The number of carbonyl (C=O) groups excluding carboxylic acids is 1. The summed E-state index contributed by atoms with van der Waals surface area (Å²) in [5.41, 5.74) is 3.28. The van der Waals surface area contributed by atoms with Crippen LogP contribution in [-0.2, 0) is 11.2 Å². The molecular formula is C19H19N3O. The number of H-pyrrole nitrogens is 1. The van der Waals surface area contributed by atoms with Gasteiger partial charge in [-0.2, -0.15) is 0 Å². The first kappa shape index (κ1) is 14.0. The van der Waals surface area contributed by atoms with Crippen molar-refractivity contribution < 1.29 is 4.79 Å². The normalized spacial score (nSPS) is 14.9. The van der Waals surface area contributed by atoms with Crippen LogP contribution in [0.3, 0.4) is 0 Å². The number of imidazole rings is 1. The molecule has 2 aromatic carbocycles. The zero-order valence-corrected chi connectivity index (χ0v) is 12.9. The van der Waals surface area contributed by atoms with E-state index in [1.54, 1.807) is 0 Å². The highest BCUT2D eigenvalue weighted by Crippen LogP contribution is 2.27. The molecule has 4 nitrogen and oxygen atoms in total. The molecule has 1 aromatic heterocycles. The Kier molecular flexibility index (Phi) is 3.58. The molecule has 4 rings (SSSR count). The van der Waals surface area contributed by atoms with Gasteiger partial charge in [-0.15, -0.1) is 0 Å². The first-order valence-electron chi connectivity index (χ1n) is 8.06. The Hall–Kier alpha value is -2.62. The second-order valence-electron chi connectivity index (χ2n) is 6.12. The Morgan fingerprint density at radius 2 is 1.83 bits per heavy atom. The number of aryl methyl sites for hydroxylation is 1. The van der Waals surface area contributed by atoms with Crippen molar-refractivity contribution in [3.8, 4) is 0 Å². The Labute approximate surface area is 135 Å². The Bertz CT molecular complexity index is 786. The van der Waals surface area contributed by atoms with E-state index in [0.29, 0.717) is 12.3 Å². The van der Waals surface area contributed by atoms with Crippen molar-refractivity contribution in [3.05, 3.63) is 66.0 Å². The smallest absolute Gasteiger partial charge is 0.222 e. The van der Waals surface area contributed by atoms with Gasteiger partial charge in [0, 0.05) is 19.5 Å². The number of aromatic nitrogens is 2. The molecule has 4 heteroatoms. The molecule has 1 fully saturated rings. The van der Waals surface area contributed by atoms with Crippen molar-refractivity contribution in [2.24, 2.45) is 0 Å². The third-order valence-corrected chi connectivity index (χ3v) is 4.50. The van der Waals surface area contributed by atoms with Crippen molar-refractivity contribution in [1.82, 2.24) is 14.9 Å². The van der Waals surface area contributed by atoms with Gasteiger partial charge in [-0.1, -0.05) is 42.5 Å². The van der Waals surface area contributed by atoms with Gasteiger partial charge in [0.15, 0.2) is 0 Å². The summed E-state index contributed by atoms with van der Waals surface area (Å²) in [6, 6.07) is 18.2. The van der Waals surface area contributed by atoms with Gasteiger partial charge in [-0.3, -0.25) is 4.79 Å². The quantitative estimate of drug-likeness (QED) is 0.805. The van der Waals surface area contributed by atoms with Crippen LogP contribution in [-0.4, -0.2) is 33.9 Å². The molecule has 0 unspecified atom stereocenters. The minimum absolute atomic E-state index is 0.237. The topological polar surface area (TPSA) is 49.0 Å². The number of likely N-dealkylation sites (tertiary alicyclic amines) is 1. The number of nitrogens with zero attached hydrogens (tertiary/aromatic N) is 2. The number of hydrogen-bond acceptors (Lipinski definition) is 2. The van der Waals surface area contributed by atoms with Crippen LogP contribution in [0.4, 0.5) is 0 Å². The van der Waals surface area contributed by atoms with Crippen LogP contribution in [0.5, 0.6) is 0 Å². The predicted molar refractivity (Wildman–Crippen MR) is 90.2 cm³/mol. The van der Waals surface area contributed by atoms with Crippen LogP contribution < -0.4 is 0 Å². The van der Waals surface area contributed by atoms with Crippen molar-refractivity contribution in [3.63, 3.8) is 0 Å². The van der Waals surface area contributed by atoms with E-state index in [2.05, 4.69) is 22.1 Å². The SMILES string of the molecule is O=C(CCc1ccccc1)N1CC(c2nc3ccccc3[nH]2)C1. The largest absolute Gasteiger partial charge is 0.342 e. The molecular weight excluding hydrogens is 286 g/mol. The van der Waals surface area contributed by atoms with Crippen LogP contribution in [0.15, 0.2) is 54.6 Å². The average Bonchev–Trinajstić information content (AvgIpc) is 2.96. The van der Waals surface area contributed by atoms with Gasteiger partial charge in [-0.05, 0) is 24.1 Å². The van der Waals surface area contributed by atoms with Gasteiger partial charge in [0.1, 0.15) is 5.82 Å². The molecule has 3 aromatic rings. The maximum Gasteiger partial charge on any atom is 0.222 e. The van der Waals surface area contributed by atoms with E-state index in [-0.39, 0.29) is 5.91 Å². The van der Waals surface area contributed by atoms with Gasteiger partial charge < -0.3 is 9.88 Å². The Balaban J connectivity index is 1.33. The fourth-order valence-electron chi connectivity index (χ4n) is 3.08. The maximum absolute atomic E-state index is 12.2. The lowest BCUT2D eigenvalue weighted by molar-refractivity contribution is -0.135. The zero-order chi connectivity index (χ0) is 15.6. The molecule has 116 valence electrons. The lowest BCUT2D eigenvalue weighted by Gasteiger charge is -2.38. The minimum atomic E-state index is 0.237. The number of fused-ring (bicyclic) bond motifs is 1. The molecule has 0 bridgehead atoms. The first-order chi connectivity index (χ1) is 11.3. The molecule has 23 heavy (non-hydrogen) atoms. The highest BCUT2D eigenvalue weighted by atomic mass is 16.2. The van der Waals surface area contributed by atoms with E-state index >= 15 is 0 Å². The number of amides is 1. The summed E-state index contributed by atoms with van der Waals surface area (Å²) in [6.45, 7) is 1.54. The molecule has 0 radical (unpaired) electrons. The number of para-hydroxylation sites is 2. The summed E-state index contributed by atoms with van der Waals surface area (Å²) < 4.78 is 0. The third-order valence-electron chi connectivity index (χ3n) is 4.50. The number of hydrogen-bond donors (Lipinski definition) is 1. The molecule has 1 aliphatic rings. The number of carbonyl (C=O) groups is 1. The van der Waals surface area contributed by atoms with Gasteiger partial charge >= 0.3 is 0 Å². The van der Waals surface area contributed by atoms with Crippen molar-refractivity contribution in [2.75, 3.05) is 13.1 Å². The fourth-order valence-corrected chi connectivity index (χ4v) is 3.08. The minimum Gasteiger partial charge on any atom is -0.342 e. The number of rotatable bonds is 4. The molecule has 0 atom stereocenters. The predicted octanol–water partition coefficient (Wildman–Crippen LogP) is 3.12. The molecule has 1 aliphatic heterocycles. The molecule has 1 N–H and O–H groups in total. The van der Waals surface area contributed by atoms with Crippen molar-refractivity contribution in [2.45, 2.75) is 18.8 Å². The summed E-state index contributed by atoms with van der Waals surface area (Å²) >= 11 is 0. The van der Waals surface area contributed by atoms with Crippen molar-refractivity contribution in [1.29, 1.82) is 0 Å². The summed E-state index contributed by atoms with van der Waals surface area (Å²) in [5.74, 6) is 1.57. The molecule has 0 saturated carbocycles. The van der Waals surface area contributed by atoms with Crippen molar-refractivity contribution >= 4 is 16.9 Å². The summed E-state index contributed by atoms with van der Waals surface area (Å²) in [5, 5.41) is 0. The average molecular weight is 305 g/mol. The van der Waals surface area contributed by atoms with E-state index < -0.39 is 0 Å². The number of benzene rings is 2. The lowest BCUT2D eigenvalue weighted by Crippen LogP contribution is -2.48. The fraction of sp³-hybridized carbons (Fsp3) is 0.263. The Morgan fingerprint density at radius 1 is 1.09 bits per heavy atom. The van der Waals surface area contributed by atoms with Gasteiger partial charge in [0.2, 0.25) is 5.91 Å².